The Morgan fingerprint density at radius 1 is 1.21 bits per heavy atom. The molecule has 0 aromatic heterocycles. The summed E-state index contributed by atoms with van der Waals surface area (Å²) in [6.07, 6.45) is 1.57. The molecule has 2 heterocycles. The summed E-state index contributed by atoms with van der Waals surface area (Å²) in [5.74, 6) is -0.233. The van der Waals surface area contributed by atoms with Crippen molar-refractivity contribution >= 4 is 16.1 Å². The summed E-state index contributed by atoms with van der Waals surface area (Å²) in [7, 11) is -0.185. The highest BCUT2D eigenvalue weighted by Crippen LogP contribution is 2.25. The number of likely N-dealkylation sites (tertiary alicyclic amines) is 1. The molecule has 0 bridgehead atoms. The Bertz CT molecular complexity index is 437. The number of hydrogen-bond acceptors (Lipinski definition) is 4. The fourth-order valence-electron chi connectivity index (χ4n) is 2.62. The third-order valence-electron chi connectivity index (χ3n) is 4.06. The lowest BCUT2D eigenvalue weighted by molar-refractivity contribution is -0.123. The van der Waals surface area contributed by atoms with Gasteiger partial charge in [0.2, 0.25) is 5.91 Å². The van der Waals surface area contributed by atoms with E-state index in [-0.39, 0.29) is 17.9 Å². The Balaban J connectivity index is 1.81. The van der Waals surface area contributed by atoms with Crippen molar-refractivity contribution in [2.45, 2.75) is 18.9 Å². The lowest BCUT2D eigenvalue weighted by Crippen LogP contribution is -2.63. The maximum Gasteiger partial charge on any atom is 0.281 e. The van der Waals surface area contributed by atoms with E-state index in [0.29, 0.717) is 13.1 Å². The van der Waals surface area contributed by atoms with Gasteiger partial charge in [-0.25, -0.2) is 0 Å². The van der Waals surface area contributed by atoms with Crippen molar-refractivity contribution in [3.05, 3.63) is 0 Å². The molecule has 0 unspecified atom stereocenters. The normalized spacial score (nSPS) is 24.6. The fraction of sp³-hybridized carbons (Fsp3) is 0.909. The topological polar surface area (TPSA) is 87.0 Å². The molecular weight excluding hydrogens is 268 g/mol. The number of amides is 1. The summed E-state index contributed by atoms with van der Waals surface area (Å²) < 4.78 is 26.4. The first-order valence-corrected chi connectivity index (χ1v) is 7.93. The number of rotatable bonds is 4. The van der Waals surface area contributed by atoms with Gasteiger partial charge in [0.1, 0.15) is 0 Å². The molecule has 2 N–H and O–H groups in total. The number of nitrogens with zero attached hydrogens (tertiary/aromatic N) is 3. The van der Waals surface area contributed by atoms with Crippen molar-refractivity contribution in [3.63, 3.8) is 0 Å². The second-order valence-electron chi connectivity index (χ2n) is 5.47. The Kier molecular flexibility index (Phi) is 4.14. The van der Waals surface area contributed by atoms with E-state index in [1.54, 1.807) is 14.1 Å². The lowest BCUT2D eigenvalue weighted by atomic mass is 9.94. The standard InChI is InChI=1S/C11H22N4O3S/c1-13(2)19(17,18)15-7-10(8-15)14-5-3-9(4-6-14)11(12)16/h9-10H,3-8H2,1-2H3,(H2,12,16). The molecule has 2 aliphatic rings. The Morgan fingerprint density at radius 2 is 1.74 bits per heavy atom. The Morgan fingerprint density at radius 3 is 2.16 bits per heavy atom. The number of hydrogen-bond donors (Lipinski definition) is 1. The molecule has 110 valence electrons. The van der Waals surface area contributed by atoms with Crippen LogP contribution in [-0.4, -0.2) is 74.2 Å². The third kappa shape index (κ3) is 2.91. The van der Waals surface area contributed by atoms with E-state index in [1.165, 1.54) is 8.61 Å². The monoisotopic (exact) mass is 290 g/mol. The van der Waals surface area contributed by atoms with Gasteiger partial charge in [0.25, 0.3) is 10.2 Å². The summed E-state index contributed by atoms with van der Waals surface area (Å²) in [6.45, 7) is 2.74. The van der Waals surface area contributed by atoms with E-state index in [4.69, 9.17) is 5.73 Å². The first kappa shape index (κ1) is 14.7. The van der Waals surface area contributed by atoms with Gasteiger partial charge in [-0.3, -0.25) is 9.69 Å². The number of carbonyl (C=O) groups excluding carboxylic acids is 1. The molecule has 0 radical (unpaired) electrons. The predicted molar refractivity (Wildman–Crippen MR) is 71.5 cm³/mol. The zero-order valence-corrected chi connectivity index (χ0v) is 12.3. The predicted octanol–water partition coefficient (Wildman–Crippen LogP) is -1.33. The maximum atomic E-state index is 11.9. The van der Waals surface area contributed by atoms with E-state index in [9.17, 15) is 13.2 Å². The maximum absolute atomic E-state index is 11.9. The average Bonchev–Trinajstić information content (AvgIpc) is 2.27. The molecule has 0 aromatic carbocycles. The van der Waals surface area contributed by atoms with Gasteiger partial charge >= 0.3 is 0 Å². The van der Waals surface area contributed by atoms with Crippen LogP contribution in [0.5, 0.6) is 0 Å². The zero-order valence-electron chi connectivity index (χ0n) is 11.4. The van der Waals surface area contributed by atoms with E-state index in [0.717, 1.165) is 25.9 Å². The first-order valence-electron chi connectivity index (χ1n) is 6.53. The van der Waals surface area contributed by atoms with Gasteiger partial charge in [-0.1, -0.05) is 0 Å². The fourth-order valence-corrected chi connectivity index (χ4v) is 3.80. The van der Waals surface area contributed by atoms with Gasteiger partial charge in [-0.15, -0.1) is 0 Å². The van der Waals surface area contributed by atoms with Crippen LogP contribution in [-0.2, 0) is 15.0 Å². The van der Waals surface area contributed by atoms with Crippen LogP contribution in [0.2, 0.25) is 0 Å². The molecule has 2 aliphatic heterocycles. The van der Waals surface area contributed by atoms with E-state index in [2.05, 4.69) is 4.90 Å². The molecule has 8 heteroatoms. The molecule has 1 amide bonds. The molecule has 0 spiro atoms. The lowest BCUT2D eigenvalue weighted by Gasteiger charge is -2.47. The van der Waals surface area contributed by atoms with Crippen LogP contribution in [0.25, 0.3) is 0 Å². The SMILES string of the molecule is CN(C)S(=O)(=O)N1CC(N2CCC(C(N)=O)CC2)C1. The highest BCUT2D eigenvalue weighted by atomic mass is 32.2. The quantitative estimate of drug-likeness (QED) is 0.695. The Labute approximate surface area is 114 Å². The second kappa shape index (κ2) is 5.35. The largest absolute Gasteiger partial charge is 0.369 e. The van der Waals surface area contributed by atoms with Crippen LogP contribution in [0.1, 0.15) is 12.8 Å². The zero-order chi connectivity index (χ0) is 14.2. The van der Waals surface area contributed by atoms with Gasteiger partial charge < -0.3 is 5.73 Å². The van der Waals surface area contributed by atoms with Crippen molar-refractivity contribution in [3.8, 4) is 0 Å². The van der Waals surface area contributed by atoms with Crippen molar-refractivity contribution < 1.29 is 13.2 Å². The minimum absolute atomic E-state index is 0.0158. The highest BCUT2D eigenvalue weighted by Gasteiger charge is 2.41. The molecule has 0 aliphatic carbocycles. The molecular formula is C11H22N4O3S. The smallest absolute Gasteiger partial charge is 0.281 e. The van der Waals surface area contributed by atoms with E-state index >= 15 is 0 Å². The van der Waals surface area contributed by atoms with Crippen molar-refractivity contribution in [2.24, 2.45) is 11.7 Å². The number of primary amides is 1. The van der Waals surface area contributed by atoms with E-state index in [1.807, 2.05) is 0 Å². The minimum Gasteiger partial charge on any atom is -0.369 e. The van der Waals surface area contributed by atoms with Crippen LogP contribution in [0.15, 0.2) is 0 Å². The Hall–Kier alpha value is -0.700. The van der Waals surface area contributed by atoms with Crippen LogP contribution in [0, 0.1) is 5.92 Å². The summed E-state index contributed by atoms with van der Waals surface area (Å²) >= 11 is 0. The van der Waals surface area contributed by atoms with Gasteiger partial charge in [0, 0.05) is 39.1 Å². The van der Waals surface area contributed by atoms with Crippen molar-refractivity contribution in [2.75, 3.05) is 40.3 Å². The van der Waals surface area contributed by atoms with Crippen LogP contribution in [0.4, 0.5) is 0 Å². The summed E-state index contributed by atoms with van der Waals surface area (Å²) in [6, 6.07) is 0.281. The molecule has 2 fully saturated rings. The molecule has 7 nitrogen and oxygen atoms in total. The summed E-state index contributed by atoms with van der Waals surface area (Å²) in [5, 5.41) is 0. The van der Waals surface area contributed by atoms with Crippen LogP contribution >= 0.6 is 0 Å². The number of nitrogens with two attached hydrogens (primary N) is 1. The van der Waals surface area contributed by atoms with Gasteiger partial charge in [-0.2, -0.15) is 17.0 Å². The molecule has 0 saturated carbocycles. The van der Waals surface area contributed by atoms with Gasteiger partial charge in [-0.05, 0) is 25.9 Å². The van der Waals surface area contributed by atoms with Gasteiger partial charge in [0.15, 0.2) is 0 Å². The minimum atomic E-state index is -3.27. The molecule has 0 atom stereocenters. The molecule has 2 saturated heterocycles. The average molecular weight is 290 g/mol. The number of carbonyl (C=O) groups is 1. The molecule has 0 aromatic rings. The second-order valence-corrected chi connectivity index (χ2v) is 7.62. The summed E-state index contributed by atoms with van der Waals surface area (Å²) in [5.41, 5.74) is 5.30. The highest BCUT2D eigenvalue weighted by molar-refractivity contribution is 7.86. The van der Waals surface area contributed by atoms with Crippen LogP contribution < -0.4 is 5.73 Å². The van der Waals surface area contributed by atoms with E-state index < -0.39 is 10.2 Å². The number of piperidine rings is 1. The molecule has 19 heavy (non-hydrogen) atoms. The van der Waals surface area contributed by atoms with Crippen molar-refractivity contribution in [1.29, 1.82) is 0 Å². The van der Waals surface area contributed by atoms with Gasteiger partial charge in [0.05, 0.1) is 0 Å². The first-order chi connectivity index (χ1) is 8.82. The summed E-state index contributed by atoms with van der Waals surface area (Å²) in [4.78, 5) is 13.3. The molecule has 2 rings (SSSR count). The van der Waals surface area contributed by atoms with Crippen molar-refractivity contribution in [1.82, 2.24) is 13.5 Å². The third-order valence-corrected chi connectivity index (χ3v) is 5.94. The van der Waals surface area contributed by atoms with Crippen LogP contribution in [0.3, 0.4) is 0 Å².